The molecular formula is C24H30N4O6S. The summed E-state index contributed by atoms with van der Waals surface area (Å²) in [6.07, 6.45) is 0.452. The van der Waals surface area contributed by atoms with Crippen LogP contribution >= 0.6 is 0 Å². The van der Waals surface area contributed by atoms with Gasteiger partial charge in [-0.3, -0.25) is 4.79 Å². The van der Waals surface area contributed by atoms with Gasteiger partial charge >= 0.3 is 0 Å². The molecule has 2 unspecified atom stereocenters. The number of rotatable bonds is 8. The minimum Gasteiger partial charge on any atom is -0.493 e. The van der Waals surface area contributed by atoms with E-state index in [1.54, 1.807) is 51.1 Å². The number of carbonyl (C=O) groups excluding carboxylic acids is 1. The second-order valence-electron chi connectivity index (χ2n) is 8.74. The molecule has 1 saturated heterocycles. The molecule has 4 rings (SSSR count). The first kappa shape index (κ1) is 24.9. The number of sulfone groups is 1. The highest BCUT2D eigenvalue weighted by Gasteiger charge is 2.32. The number of hydrogen-bond donors (Lipinski definition) is 1. The van der Waals surface area contributed by atoms with Gasteiger partial charge in [-0.05, 0) is 44.5 Å². The van der Waals surface area contributed by atoms with Crippen molar-refractivity contribution >= 4 is 26.8 Å². The molecule has 1 aliphatic rings. The van der Waals surface area contributed by atoms with E-state index in [1.807, 2.05) is 13.0 Å². The SMILES string of the molecule is COCC(C)NC(=O)c1cc(-c2ccc(OC)c(OC)c2)nc2c1c(C)nn2C1CCS(=O)(=O)C1. The number of pyridine rings is 1. The Morgan fingerprint density at radius 3 is 2.57 bits per heavy atom. The number of fused-ring (bicyclic) bond motifs is 1. The van der Waals surface area contributed by atoms with Gasteiger partial charge in [-0.25, -0.2) is 18.1 Å². The van der Waals surface area contributed by atoms with Gasteiger partial charge in [-0.15, -0.1) is 0 Å². The molecule has 2 aromatic heterocycles. The number of aryl methyl sites for hydroxylation is 1. The zero-order valence-corrected chi connectivity index (χ0v) is 21.3. The van der Waals surface area contributed by atoms with Crippen LogP contribution in [0.3, 0.4) is 0 Å². The monoisotopic (exact) mass is 502 g/mol. The molecule has 0 radical (unpaired) electrons. The molecule has 188 valence electrons. The summed E-state index contributed by atoms with van der Waals surface area (Å²) in [6.45, 7) is 4.02. The highest BCUT2D eigenvalue weighted by atomic mass is 32.2. The third-order valence-electron chi connectivity index (χ3n) is 6.11. The summed E-state index contributed by atoms with van der Waals surface area (Å²) >= 11 is 0. The Hall–Kier alpha value is -3.18. The topological polar surface area (TPSA) is 122 Å². The number of methoxy groups -OCH3 is 3. The molecule has 0 spiro atoms. The van der Waals surface area contributed by atoms with Crippen LogP contribution in [-0.2, 0) is 14.6 Å². The van der Waals surface area contributed by atoms with E-state index in [2.05, 4.69) is 10.4 Å². The number of hydrogen-bond acceptors (Lipinski definition) is 8. The first-order valence-electron chi connectivity index (χ1n) is 11.3. The summed E-state index contributed by atoms with van der Waals surface area (Å²) < 4.78 is 41.9. The first-order chi connectivity index (χ1) is 16.7. The van der Waals surface area contributed by atoms with E-state index in [1.165, 1.54) is 0 Å². The fourth-order valence-electron chi connectivity index (χ4n) is 4.45. The molecule has 0 bridgehead atoms. The van der Waals surface area contributed by atoms with Crippen LogP contribution in [0.25, 0.3) is 22.3 Å². The van der Waals surface area contributed by atoms with Crippen LogP contribution in [0.1, 0.15) is 35.4 Å². The van der Waals surface area contributed by atoms with E-state index in [0.29, 0.717) is 58.1 Å². The van der Waals surface area contributed by atoms with Crippen LogP contribution in [0, 0.1) is 6.92 Å². The summed E-state index contributed by atoms with van der Waals surface area (Å²) in [5.41, 5.74) is 2.74. The van der Waals surface area contributed by atoms with Gasteiger partial charge in [0.25, 0.3) is 5.91 Å². The van der Waals surface area contributed by atoms with Crippen molar-refractivity contribution in [2.45, 2.75) is 32.4 Å². The van der Waals surface area contributed by atoms with Gasteiger partial charge in [0.1, 0.15) is 0 Å². The highest BCUT2D eigenvalue weighted by Crippen LogP contribution is 2.35. The van der Waals surface area contributed by atoms with Crippen molar-refractivity contribution in [1.29, 1.82) is 0 Å². The summed E-state index contributed by atoms with van der Waals surface area (Å²) in [4.78, 5) is 18.2. The molecule has 1 N–H and O–H groups in total. The molecule has 1 aromatic carbocycles. The molecule has 0 aliphatic carbocycles. The number of aromatic nitrogens is 3. The predicted molar refractivity (Wildman–Crippen MR) is 132 cm³/mol. The smallest absolute Gasteiger partial charge is 0.252 e. The molecule has 10 nitrogen and oxygen atoms in total. The Kier molecular flexibility index (Phi) is 7.00. The molecular weight excluding hydrogens is 472 g/mol. The number of benzene rings is 1. The minimum absolute atomic E-state index is 0.00209. The third-order valence-corrected chi connectivity index (χ3v) is 7.86. The maximum Gasteiger partial charge on any atom is 0.252 e. The van der Waals surface area contributed by atoms with Gasteiger partial charge in [0.2, 0.25) is 0 Å². The lowest BCUT2D eigenvalue weighted by Crippen LogP contribution is -2.35. The zero-order chi connectivity index (χ0) is 25.3. The van der Waals surface area contributed by atoms with E-state index in [0.717, 1.165) is 0 Å². The van der Waals surface area contributed by atoms with E-state index in [-0.39, 0.29) is 29.5 Å². The van der Waals surface area contributed by atoms with Crippen molar-refractivity contribution in [2.75, 3.05) is 39.4 Å². The van der Waals surface area contributed by atoms with Crippen molar-refractivity contribution in [2.24, 2.45) is 0 Å². The van der Waals surface area contributed by atoms with Gasteiger partial charge in [-0.2, -0.15) is 5.10 Å². The Morgan fingerprint density at radius 1 is 1.20 bits per heavy atom. The third kappa shape index (κ3) is 4.96. The van der Waals surface area contributed by atoms with Gasteiger partial charge in [0.15, 0.2) is 27.0 Å². The zero-order valence-electron chi connectivity index (χ0n) is 20.5. The van der Waals surface area contributed by atoms with Gasteiger partial charge in [-0.1, -0.05) is 0 Å². The van der Waals surface area contributed by atoms with Crippen molar-refractivity contribution in [3.8, 4) is 22.8 Å². The molecule has 1 aliphatic heterocycles. The fraction of sp³-hybridized carbons (Fsp3) is 0.458. The van der Waals surface area contributed by atoms with Crippen LogP contribution in [0.15, 0.2) is 24.3 Å². The molecule has 35 heavy (non-hydrogen) atoms. The van der Waals surface area contributed by atoms with E-state index < -0.39 is 9.84 Å². The van der Waals surface area contributed by atoms with E-state index in [4.69, 9.17) is 19.2 Å². The Bertz CT molecular complexity index is 1370. The summed E-state index contributed by atoms with van der Waals surface area (Å²) in [6, 6.07) is 6.56. The van der Waals surface area contributed by atoms with Crippen molar-refractivity contribution in [3.63, 3.8) is 0 Å². The maximum absolute atomic E-state index is 13.4. The number of nitrogens with zero attached hydrogens (tertiary/aromatic N) is 3. The quantitative estimate of drug-likeness (QED) is 0.499. The Balaban J connectivity index is 1.90. The minimum atomic E-state index is -3.14. The van der Waals surface area contributed by atoms with Crippen LogP contribution in [0.4, 0.5) is 0 Å². The largest absolute Gasteiger partial charge is 0.493 e. The molecule has 2 atom stereocenters. The Morgan fingerprint density at radius 2 is 1.94 bits per heavy atom. The lowest BCUT2D eigenvalue weighted by Gasteiger charge is -2.15. The van der Waals surface area contributed by atoms with Gasteiger partial charge < -0.3 is 19.5 Å². The predicted octanol–water partition coefficient (Wildman–Crippen LogP) is 2.55. The van der Waals surface area contributed by atoms with Crippen LogP contribution in [-0.4, -0.2) is 74.6 Å². The van der Waals surface area contributed by atoms with Crippen molar-refractivity contribution in [1.82, 2.24) is 20.1 Å². The molecule has 1 amide bonds. The first-order valence-corrected chi connectivity index (χ1v) is 13.1. The summed E-state index contributed by atoms with van der Waals surface area (Å²) in [5.74, 6) is 0.914. The second-order valence-corrected chi connectivity index (χ2v) is 11.0. The maximum atomic E-state index is 13.4. The number of nitrogens with one attached hydrogen (secondary N) is 1. The molecule has 11 heteroatoms. The standard InChI is InChI=1S/C24H30N4O6S/c1-14(12-32-3)25-24(29)18-11-19(16-6-7-20(33-4)21(10-16)34-5)26-23-22(18)15(2)27-28(23)17-8-9-35(30,31)13-17/h6-7,10-11,14,17H,8-9,12-13H2,1-5H3,(H,25,29). The highest BCUT2D eigenvalue weighted by molar-refractivity contribution is 7.91. The molecule has 3 aromatic rings. The lowest BCUT2D eigenvalue weighted by molar-refractivity contribution is 0.0907. The van der Waals surface area contributed by atoms with Crippen molar-refractivity contribution < 1.29 is 27.4 Å². The average Bonchev–Trinajstić information content (AvgIpc) is 3.36. The van der Waals surface area contributed by atoms with E-state index >= 15 is 0 Å². The van der Waals surface area contributed by atoms with Gasteiger partial charge in [0, 0.05) is 18.7 Å². The summed E-state index contributed by atoms with van der Waals surface area (Å²) in [7, 11) is 1.54. The van der Waals surface area contributed by atoms with Crippen LogP contribution in [0.2, 0.25) is 0 Å². The van der Waals surface area contributed by atoms with Crippen LogP contribution in [0.5, 0.6) is 11.5 Å². The fourth-order valence-corrected chi connectivity index (χ4v) is 6.14. The molecule has 3 heterocycles. The van der Waals surface area contributed by atoms with E-state index in [9.17, 15) is 13.2 Å². The van der Waals surface area contributed by atoms with Gasteiger partial charge in [0.05, 0.1) is 60.7 Å². The van der Waals surface area contributed by atoms with Crippen LogP contribution < -0.4 is 14.8 Å². The number of ether oxygens (including phenoxy) is 3. The Labute approximate surface area is 204 Å². The number of amides is 1. The number of carbonyl (C=O) groups is 1. The van der Waals surface area contributed by atoms with Crippen molar-refractivity contribution in [3.05, 3.63) is 35.5 Å². The molecule has 0 saturated carbocycles. The summed E-state index contributed by atoms with van der Waals surface area (Å²) in [5, 5.41) is 8.19. The molecule has 1 fully saturated rings. The normalized spacial score (nSPS) is 17.9. The second kappa shape index (κ2) is 9.82. The average molecular weight is 503 g/mol. The lowest BCUT2D eigenvalue weighted by atomic mass is 10.0.